The van der Waals surface area contributed by atoms with E-state index in [0.29, 0.717) is 0 Å². The Kier molecular flexibility index (Phi) is 4.35. The lowest BCUT2D eigenvalue weighted by Crippen LogP contribution is -2.27. The number of amides is 1. The van der Waals surface area contributed by atoms with Crippen molar-refractivity contribution in [1.82, 2.24) is 4.90 Å². The van der Waals surface area contributed by atoms with Gasteiger partial charge in [-0.05, 0) is 29.8 Å². The number of hydrogen-bond donors (Lipinski definition) is 0. The van der Waals surface area contributed by atoms with E-state index in [-0.39, 0.29) is 22.9 Å². The Hall–Kier alpha value is -1.94. The van der Waals surface area contributed by atoms with Crippen LogP contribution < -0.4 is 0 Å². The third kappa shape index (κ3) is 3.14. The molecule has 2 aromatic rings. The van der Waals surface area contributed by atoms with E-state index in [1.54, 1.807) is 12.1 Å². The monoisotopic (exact) mass is 295 g/mol. The molecule has 0 aliphatic heterocycles. The van der Waals surface area contributed by atoms with Crippen molar-refractivity contribution in [3.63, 3.8) is 0 Å². The van der Waals surface area contributed by atoms with Gasteiger partial charge in [-0.25, -0.2) is 8.78 Å². The summed E-state index contributed by atoms with van der Waals surface area (Å²) in [6, 6.07) is 9.85. The molecule has 0 spiro atoms. The quantitative estimate of drug-likeness (QED) is 0.841. The van der Waals surface area contributed by atoms with Gasteiger partial charge in [0.1, 0.15) is 11.6 Å². The van der Waals surface area contributed by atoms with E-state index in [9.17, 15) is 13.6 Å². The minimum absolute atomic E-state index is 0.0703. The molecule has 0 heterocycles. The highest BCUT2D eigenvalue weighted by molar-refractivity contribution is 6.33. The van der Waals surface area contributed by atoms with Crippen LogP contribution in [0.4, 0.5) is 8.78 Å². The summed E-state index contributed by atoms with van der Waals surface area (Å²) in [5.74, 6) is -1.52. The van der Waals surface area contributed by atoms with Crippen molar-refractivity contribution in [2.75, 3.05) is 7.05 Å². The van der Waals surface area contributed by atoms with Crippen molar-refractivity contribution < 1.29 is 13.6 Å². The molecular formula is C15H12ClF2NO. The molecule has 0 atom stereocenters. The third-order valence-electron chi connectivity index (χ3n) is 2.86. The minimum atomic E-state index is -0.659. The van der Waals surface area contributed by atoms with Gasteiger partial charge in [-0.3, -0.25) is 4.79 Å². The smallest absolute Gasteiger partial charge is 0.258 e. The first-order valence-electron chi connectivity index (χ1n) is 5.93. The summed E-state index contributed by atoms with van der Waals surface area (Å²) in [5, 5.41) is 0.0703. The summed E-state index contributed by atoms with van der Waals surface area (Å²) >= 11 is 5.86. The Morgan fingerprint density at radius 3 is 2.40 bits per heavy atom. The fraction of sp³-hybridized carbons (Fsp3) is 0.133. The molecular weight excluding hydrogens is 284 g/mol. The van der Waals surface area contributed by atoms with E-state index < -0.39 is 11.7 Å². The molecule has 5 heteroatoms. The number of carbonyl (C=O) groups excluding carboxylic acids is 1. The maximum atomic E-state index is 13.7. The van der Waals surface area contributed by atoms with Gasteiger partial charge in [-0.2, -0.15) is 0 Å². The molecule has 2 nitrogen and oxygen atoms in total. The van der Waals surface area contributed by atoms with Crippen LogP contribution in [0.1, 0.15) is 15.9 Å². The zero-order valence-electron chi connectivity index (χ0n) is 10.7. The molecule has 0 N–H and O–H groups in total. The van der Waals surface area contributed by atoms with Crippen LogP contribution in [-0.2, 0) is 6.54 Å². The van der Waals surface area contributed by atoms with E-state index in [1.807, 2.05) is 0 Å². The van der Waals surface area contributed by atoms with Crippen LogP contribution in [0.15, 0.2) is 42.5 Å². The Labute approximate surface area is 120 Å². The first-order chi connectivity index (χ1) is 9.49. The molecule has 0 saturated heterocycles. The Morgan fingerprint density at radius 1 is 1.15 bits per heavy atom. The molecule has 0 saturated carbocycles. The highest BCUT2D eigenvalue weighted by atomic mass is 35.5. The fourth-order valence-corrected chi connectivity index (χ4v) is 2.07. The molecule has 0 bridgehead atoms. The average Bonchev–Trinajstić information content (AvgIpc) is 2.41. The maximum absolute atomic E-state index is 13.7. The van der Waals surface area contributed by atoms with Gasteiger partial charge in [0.25, 0.3) is 5.91 Å². The molecule has 0 unspecified atom stereocenters. The summed E-state index contributed by atoms with van der Waals surface area (Å²) in [6.07, 6.45) is 0. The van der Waals surface area contributed by atoms with E-state index in [0.717, 1.165) is 5.56 Å². The highest BCUT2D eigenvalue weighted by Gasteiger charge is 2.19. The molecule has 0 radical (unpaired) electrons. The second-order valence-electron chi connectivity index (χ2n) is 4.38. The summed E-state index contributed by atoms with van der Waals surface area (Å²) in [5.41, 5.74) is 0.591. The number of rotatable bonds is 3. The zero-order valence-corrected chi connectivity index (χ0v) is 11.5. The van der Waals surface area contributed by atoms with Crippen molar-refractivity contribution in [3.8, 4) is 0 Å². The van der Waals surface area contributed by atoms with Gasteiger partial charge < -0.3 is 4.90 Å². The Balaban J connectivity index is 2.18. The van der Waals surface area contributed by atoms with Crippen LogP contribution >= 0.6 is 11.6 Å². The number of halogens is 3. The average molecular weight is 296 g/mol. The van der Waals surface area contributed by atoms with Crippen LogP contribution in [0.2, 0.25) is 5.02 Å². The minimum Gasteiger partial charge on any atom is -0.337 e. The van der Waals surface area contributed by atoms with Crippen LogP contribution in [0, 0.1) is 11.6 Å². The van der Waals surface area contributed by atoms with Crippen LogP contribution in [-0.4, -0.2) is 17.9 Å². The number of nitrogens with zero attached hydrogens (tertiary/aromatic N) is 1. The lowest BCUT2D eigenvalue weighted by molar-refractivity contribution is 0.0780. The predicted octanol–water partition coefficient (Wildman–Crippen LogP) is 3.89. The fourth-order valence-electron chi connectivity index (χ4n) is 1.83. The molecule has 2 rings (SSSR count). The standard InChI is InChI=1S/C15H12ClF2NO/c1-19(9-10-5-7-11(17)8-6-10)15(20)14-12(16)3-2-4-13(14)18/h2-8H,9H2,1H3. The first-order valence-corrected chi connectivity index (χ1v) is 6.31. The van der Waals surface area contributed by atoms with Crippen molar-refractivity contribution in [3.05, 3.63) is 70.2 Å². The predicted molar refractivity (Wildman–Crippen MR) is 73.6 cm³/mol. The van der Waals surface area contributed by atoms with E-state index in [1.165, 1.54) is 42.3 Å². The van der Waals surface area contributed by atoms with Crippen molar-refractivity contribution >= 4 is 17.5 Å². The van der Waals surface area contributed by atoms with E-state index >= 15 is 0 Å². The van der Waals surface area contributed by atoms with Gasteiger partial charge in [0, 0.05) is 13.6 Å². The van der Waals surface area contributed by atoms with Gasteiger partial charge in [0.05, 0.1) is 10.6 Å². The van der Waals surface area contributed by atoms with Gasteiger partial charge >= 0.3 is 0 Å². The summed E-state index contributed by atoms with van der Waals surface area (Å²) in [6.45, 7) is 0.240. The third-order valence-corrected chi connectivity index (χ3v) is 3.17. The molecule has 2 aromatic carbocycles. The lowest BCUT2D eigenvalue weighted by atomic mass is 10.1. The highest BCUT2D eigenvalue weighted by Crippen LogP contribution is 2.21. The number of carbonyl (C=O) groups is 1. The largest absolute Gasteiger partial charge is 0.337 e. The molecule has 0 aromatic heterocycles. The van der Waals surface area contributed by atoms with Crippen LogP contribution in [0.25, 0.3) is 0 Å². The molecule has 20 heavy (non-hydrogen) atoms. The first kappa shape index (κ1) is 14.5. The second-order valence-corrected chi connectivity index (χ2v) is 4.79. The van der Waals surface area contributed by atoms with Crippen molar-refractivity contribution in [2.24, 2.45) is 0 Å². The molecule has 0 aliphatic carbocycles. The number of benzene rings is 2. The van der Waals surface area contributed by atoms with Gasteiger partial charge in [-0.15, -0.1) is 0 Å². The van der Waals surface area contributed by atoms with Gasteiger partial charge in [-0.1, -0.05) is 29.8 Å². The van der Waals surface area contributed by atoms with Gasteiger partial charge in [0.2, 0.25) is 0 Å². The lowest BCUT2D eigenvalue weighted by Gasteiger charge is -2.18. The maximum Gasteiger partial charge on any atom is 0.258 e. The SMILES string of the molecule is CN(Cc1ccc(F)cc1)C(=O)c1c(F)cccc1Cl. The Bertz CT molecular complexity index is 608. The van der Waals surface area contributed by atoms with Crippen molar-refractivity contribution in [1.29, 1.82) is 0 Å². The molecule has 0 aliphatic rings. The summed E-state index contributed by atoms with van der Waals surface area (Å²) in [4.78, 5) is 13.5. The summed E-state index contributed by atoms with van der Waals surface area (Å²) in [7, 11) is 1.54. The van der Waals surface area contributed by atoms with Gasteiger partial charge in [0.15, 0.2) is 0 Å². The Morgan fingerprint density at radius 2 is 1.80 bits per heavy atom. The zero-order chi connectivity index (χ0) is 14.7. The van der Waals surface area contributed by atoms with E-state index in [2.05, 4.69) is 0 Å². The second kappa shape index (κ2) is 6.01. The molecule has 1 amide bonds. The van der Waals surface area contributed by atoms with Crippen molar-refractivity contribution in [2.45, 2.75) is 6.54 Å². The topological polar surface area (TPSA) is 20.3 Å². The van der Waals surface area contributed by atoms with E-state index in [4.69, 9.17) is 11.6 Å². The molecule has 104 valence electrons. The number of hydrogen-bond acceptors (Lipinski definition) is 1. The van der Waals surface area contributed by atoms with Crippen LogP contribution in [0.3, 0.4) is 0 Å². The molecule has 0 fully saturated rings. The summed E-state index contributed by atoms with van der Waals surface area (Å²) < 4.78 is 26.5. The normalized spacial score (nSPS) is 10.4. The van der Waals surface area contributed by atoms with Crippen LogP contribution in [0.5, 0.6) is 0 Å².